The standard InChI is InChI=1S/2C33H40F3N3O4/c2*1-19-24(29(31(40)41)43-32(2,3)4)28(39-16-14-33(5,6)15-17-39)25(30(37)38-19)22-11-12-23(27(36)26(22)35)42-18-13-20-7-9-21(34)10-8-20/h2*7-12,29H,13-18H2,1-6H3,(H2,37,38)(H,40,41)/t2*29-/m00/s1. The van der Waals surface area contributed by atoms with Gasteiger partial charge in [0.2, 0.25) is 11.6 Å². The SMILES string of the molecule is Cc1nc(N)c(-c2ccc(OCCc3ccc(F)cc3)c(F)c2F)c(N2CCC(C)(C)CC2)c1[C@H](OC(C)(C)C)C(=O)O.Cc1nc(N)c(-c2ccc(OCCc3ccc(F)cc3)c(F)c2F)c(N2CCC(C)(C)CC2)c1[C@H](OC(C)(C)C)C(=O)O. The van der Waals surface area contributed by atoms with E-state index in [1.54, 1.807) is 79.7 Å². The Balaban J connectivity index is 0.000000246. The molecule has 14 nitrogen and oxygen atoms in total. The first-order chi connectivity index (χ1) is 40.2. The lowest BCUT2D eigenvalue weighted by Crippen LogP contribution is -2.39. The molecule has 0 amide bonds. The second kappa shape index (κ2) is 26.6. The molecule has 2 aliphatic rings. The van der Waals surface area contributed by atoms with Gasteiger partial charge in [0.1, 0.15) is 23.3 Å². The van der Waals surface area contributed by atoms with Crippen LogP contribution in [0.5, 0.6) is 11.5 Å². The van der Waals surface area contributed by atoms with E-state index in [-0.39, 0.29) is 92.2 Å². The van der Waals surface area contributed by atoms with Crippen LogP contribution in [-0.2, 0) is 31.9 Å². The minimum absolute atomic E-state index is 0.0406. The number of aliphatic carboxylic acids is 2. The fourth-order valence-electron chi connectivity index (χ4n) is 10.6. The molecule has 0 aliphatic carbocycles. The molecule has 0 radical (unpaired) electrons. The third-order valence-corrected chi connectivity index (χ3v) is 15.4. The first-order valence-corrected chi connectivity index (χ1v) is 28.8. The van der Waals surface area contributed by atoms with Crippen LogP contribution in [0.3, 0.4) is 0 Å². The lowest BCUT2D eigenvalue weighted by molar-refractivity contribution is -0.161. The fourth-order valence-corrected chi connectivity index (χ4v) is 10.6. The number of carbonyl (C=O) groups is 2. The number of carboxylic acid groups (broad SMARTS) is 2. The second-order valence-corrected chi connectivity index (χ2v) is 25.6. The third kappa shape index (κ3) is 16.1. The highest BCUT2D eigenvalue weighted by Gasteiger charge is 2.40. The van der Waals surface area contributed by atoms with Crippen molar-refractivity contribution >= 4 is 34.9 Å². The highest BCUT2D eigenvalue weighted by Crippen LogP contribution is 2.49. The minimum atomic E-state index is -1.43. The summed E-state index contributed by atoms with van der Waals surface area (Å²) in [7, 11) is 0. The number of rotatable bonds is 18. The number of nitrogens with two attached hydrogens (primary N) is 2. The van der Waals surface area contributed by atoms with E-state index in [1.807, 2.05) is 9.80 Å². The van der Waals surface area contributed by atoms with Gasteiger partial charge in [0.15, 0.2) is 35.3 Å². The lowest BCUT2D eigenvalue weighted by atomic mass is 9.82. The zero-order valence-electron chi connectivity index (χ0n) is 51.1. The van der Waals surface area contributed by atoms with E-state index in [0.29, 0.717) is 61.8 Å². The zero-order chi connectivity index (χ0) is 63.4. The molecule has 6 N–H and O–H groups in total. The largest absolute Gasteiger partial charge is 0.490 e. The van der Waals surface area contributed by atoms with Crippen LogP contribution in [-0.4, -0.2) is 82.7 Å². The average Bonchev–Trinajstić information content (AvgIpc) is 0.778. The molecule has 86 heavy (non-hydrogen) atoms. The summed E-state index contributed by atoms with van der Waals surface area (Å²) in [4.78, 5) is 38.0. The molecule has 2 aromatic heterocycles. The van der Waals surface area contributed by atoms with Crippen LogP contribution in [0, 0.1) is 59.6 Å². The smallest absolute Gasteiger partial charge is 0.337 e. The van der Waals surface area contributed by atoms with Crippen LogP contribution in [0.25, 0.3) is 22.3 Å². The van der Waals surface area contributed by atoms with Crippen molar-refractivity contribution in [3.63, 3.8) is 0 Å². The van der Waals surface area contributed by atoms with Gasteiger partial charge in [0.25, 0.3) is 0 Å². The Morgan fingerprint density at radius 2 is 0.849 bits per heavy atom. The summed E-state index contributed by atoms with van der Waals surface area (Å²) in [5.41, 5.74) is 14.7. The molecule has 20 heteroatoms. The number of nitrogen functional groups attached to an aromatic ring is 2. The third-order valence-electron chi connectivity index (χ3n) is 15.4. The maximum Gasteiger partial charge on any atom is 0.337 e. The number of halogens is 6. The monoisotopic (exact) mass is 1200 g/mol. The molecule has 4 heterocycles. The quantitative estimate of drug-likeness (QED) is 0.0593. The van der Waals surface area contributed by atoms with Crippen LogP contribution in [0.2, 0.25) is 0 Å². The van der Waals surface area contributed by atoms with E-state index in [2.05, 4.69) is 37.7 Å². The average molecular weight is 1200 g/mol. The van der Waals surface area contributed by atoms with E-state index in [4.69, 9.17) is 30.4 Å². The van der Waals surface area contributed by atoms with Crippen LogP contribution in [0.1, 0.15) is 141 Å². The topological polar surface area (TPSA) is 196 Å². The highest BCUT2D eigenvalue weighted by atomic mass is 19.2. The summed E-state index contributed by atoms with van der Waals surface area (Å²) in [6.07, 6.45) is 1.04. The summed E-state index contributed by atoms with van der Waals surface area (Å²) in [6, 6.07) is 17.1. The van der Waals surface area contributed by atoms with Crippen LogP contribution < -0.4 is 30.7 Å². The van der Waals surface area contributed by atoms with Crippen molar-refractivity contribution in [3.05, 3.63) is 141 Å². The summed E-state index contributed by atoms with van der Waals surface area (Å²) in [5.74, 6) is -8.66. The van der Waals surface area contributed by atoms with Gasteiger partial charge in [0.05, 0.1) is 46.9 Å². The number of piperidine rings is 2. The molecule has 0 spiro atoms. The van der Waals surface area contributed by atoms with Crippen molar-refractivity contribution in [2.45, 2.75) is 145 Å². The predicted octanol–water partition coefficient (Wildman–Crippen LogP) is 14.5. The van der Waals surface area contributed by atoms with Crippen molar-refractivity contribution in [3.8, 4) is 33.8 Å². The number of hydrogen-bond donors (Lipinski definition) is 4. The van der Waals surface area contributed by atoms with Gasteiger partial charge in [-0.25, -0.2) is 37.1 Å². The fraction of sp³-hybridized carbons (Fsp3) is 0.455. The minimum Gasteiger partial charge on any atom is -0.490 e. The number of ether oxygens (including phenoxy) is 4. The molecule has 0 unspecified atom stereocenters. The summed E-state index contributed by atoms with van der Waals surface area (Å²) < 4.78 is 112. The number of aromatic nitrogens is 2. The van der Waals surface area contributed by atoms with Crippen molar-refractivity contribution in [1.82, 2.24) is 9.97 Å². The summed E-state index contributed by atoms with van der Waals surface area (Å²) in [5, 5.41) is 20.6. The Morgan fingerprint density at radius 3 is 1.14 bits per heavy atom. The van der Waals surface area contributed by atoms with Gasteiger partial charge in [-0.05, 0) is 152 Å². The van der Waals surface area contributed by atoms with Crippen molar-refractivity contribution < 1.29 is 65.1 Å². The molecule has 2 aliphatic heterocycles. The molecule has 2 atom stereocenters. The number of hydrogen-bond acceptors (Lipinski definition) is 12. The van der Waals surface area contributed by atoms with Crippen LogP contribution in [0.4, 0.5) is 49.4 Å². The molecule has 464 valence electrons. The lowest BCUT2D eigenvalue weighted by Gasteiger charge is -2.41. The van der Waals surface area contributed by atoms with Crippen LogP contribution >= 0.6 is 0 Å². The summed E-state index contributed by atoms with van der Waals surface area (Å²) >= 11 is 0. The Kier molecular flexibility index (Phi) is 20.4. The van der Waals surface area contributed by atoms with E-state index in [9.17, 15) is 28.6 Å². The van der Waals surface area contributed by atoms with Gasteiger partial charge in [0, 0.05) is 72.7 Å². The number of nitrogens with zero attached hydrogens (tertiary/aromatic N) is 4. The van der Waals surface area contributed by atoms with Gasteiger partial charge in [-0.1, -0.05) is 52.0 Å². The first-order valence-electron chi connectivity index (χ1n) is 28.8. The number of pyridine rings is 2. The van der Waals surface area contributed by atoms with Crippen LogP contribution in [0.15, 0.2) is 72.8 Å². The van der Waals surface area contributed by atoms with E-state index in [1.165, 1.54) is 48.5 Å². The van der Waals surface area contributed by atoms with Gasteiger partial charge >= 0.3 is 11.9 Å². The van der Waals surface area contributed by atoms with Crippen molar-refractivity contribution in [1.29, 1.82) is 0 Å². The number of carboxylic acids is 2. The van der Waals surface area contributed by atoms with Gasteiger partial charge in [-0.3, -0.25) is 0 Å². The highest BCUT2D eigenvalue weighted by molar-refractivity contribution is 5.93. The van der Waals surface area contributed by atoms with Crippen molar-refractivity contribution in [2.24, 2.45) is 10.8 Å². The molecular formula is C66H80F6N6O8. The molecule has 0 bridgehead atoms. The number of aryl methyl sites for hydroxylation is 2. The summed E-state index contributed by atoms with van der Waals surface area (Å²) in [6.45, 7) is 24.7. The molecular weight excluding hydrogens is 1120 g/mol. The molecule has 2 saturated heterocycles. The predicted molar refractivity (Wildman–Crippen MR) is 322 cm³/mol. The zero-order valence-corrected chi connectivity index (χ0v) is 51.1. The molecule has 0 saturated carbocycles. The maximum atomic E-state index is 15.9. The molecule has 8 rings (SSSR count). The second-order valence-electron chi connectivity index (χ2n) is 25.6. The normalized spacial score (nSPS) is 15.8. The number of anilines is 4. The molecule has 2 fully saturated rings. The van der Waals surface area contributed by atoms with Gasteiger partial charge in [-0.15, -0.1) is 0 Å². The molecule has 4 aromatic carbocycles. The van der Waals surface area contributed by atoms with Gasteiger partial charge in [-0.2, -0.15) is 8.78 Å². The Bertz CT molecular complexity index is 3180. The van der Waals surface area contributed by atoms with Gasteiger partial charge < -0.3 is 50.4 Å². The van der Waals surface area contributed by atoms with E-state index < -0.39 is 58.6 Å². The Hall–Kier alpha value is -7.58. The van der Waals surface area contributed by atoms with E-state index >= 15 is 17.6 Å². The Labute approximate surface area is 499 Å². The van der Waals surface area contributed by atoms with E-state index in [0.717, 1.165) is 36.8 Å². The Morgan fingerprint density at radius 1 is 0.535 bits per heavy atom. The maximum absolute atomic E-state index is 15.9. The first kappa shape index (κ1) is 66.0. The number of benzene rings is 4. The van der Waals surface area contributed by atoms with Crippen molar-refractivity contribution in [2.75, 3.05) is 60.7 Å². The molecule has 6 aromatic rings.